The fourth-order valence-electron chi connectivity index (χ4n) is 1.13. The van der Waals surface area contributed by atoms with Gasteiger partial charge in [-0.3, -0.25) is 4.79 Å². The van der Waals surface area contributed by atoms with E-state index in [0.717, 1.165) is 6.08 Å². The van der Waals surface area contributed by atoms with E-state index in [1.54, 1.807) is 7.05 Å². The van der Waals surface area contributed by atoms with Gasteiger partial charge in [0.25, 0.3) is 0 Å². The highest BCUT2D eigenvalue weighted by atomic mass is 16.4. The number of aryl methyl sites for hydroxylation is 1. The first-order valence-electron chi connectivity index (χ1n) is 4.55. The number of hydrogen-bond acceptors (Lipinski definition) is 4. The highest BCUT2D eigenvalue weighted by Gasteiger charge is 2.12. The van der Waals surface area contributed by atoms with Crippen molar-refractivity contribution in [1.29, 1.82) is 0 Å². The van der Waals surface area contributed by atoms with Crippen molar-refractivity contribution in [2.45, 2.75) is 13.1 Å². The summed E-state index contributed by atoms with van der Waals surface area (Å²) in [5.41, 5.74) is 0.677. The van der Waals surface area contributed by atoms with Crippen molar-refractivity contribution in [3.8, 4) is 0 Å². The second-order valence-electron chi connectivity index (χ2n) is 3.13. The molecule has 1 N–H and O–H groups in total. The quantitative estimate of drug-likeness (QED) is 0.434. The third-order valence-electron chi connectivity index (χ3n) is 1.88. The summed E-state index contributed by atoms with van der Waals surface area (Å²) in [6.45, 7) is 3.26. The predicted molar refractivity (Wildman–Crippen MR) is 50.5 cm³/mol. The first kappa shape index (κ1) is 11.9. The molecule has 0 aromatic carbocycles. The van der Waals surface area contributed by atoms with E-state index in [2.05, 4.69) is 17.1 Å². The Morgan fingerprint density at radius 3 is 3.00 bits per heavy atom. The highest BCUT2D eigenvalue weighted by Crippen LogP contribution is 1.91. The van der Waals surface area contributed by atoms with Crippen molar-refractivity contribution in [1.82, 2.24) is 15.2 Å². The molecule has 0 unspecified atom stereocenters. The zero-order valence-corrected chi connectivity index (χ0v) is 8.84. The van der Waals surface area contributed by atoms with E-state index in [1.807, 2.05) is 0 Å². The summed E-state index contributed by atoms with van der Waals surface area (Å²) in [7, 11) is 1.65. The molecule has 1 amide bonds. The molecule has 0 radical (unpaired) electrons. The van der Waals surface area contributed by atoms with E-state index < -0.39 is 5.97 Å². The Balaban J connectivity index is 2.66. The Bertz CT molecular complexity index is 424. The average Bonchev–Trinajstić information content (AvgIpc) is 2.54. The van der Waals surface area contributed by atoms with E-state index in [9.17, 15) is 14.7 Å². The maximum atomic E-state index is 10.9. The molecule has 16 heavy (non-hydrogen) atoms. The van der Waals surface area contributed by atoms with Crippen molar-refractivity contribution in [3.63, 3.8) is 0 Å². The zero-order valence-electron chi connectivity index (χ0n) is 8.84. The number of carboxylic acids is 1. The summed E-state index contributed by atoms with van der Waals surface area (Å²) in [6.07, 6.45) is 2.69. The van der Waals surface area contributed by atoms with Crippen LogP contribution in [0.4, 0.5) is 0 Å². The fraction of sp³-hybridized carbons (Fsp3) is 0.333. The maximum Gasteiger partial charge on any atom is 0.243 e. The number of carboxylic acid groups (broad SMARTS) is 1. The van der Waals surface area contributed by atoms with E-state index in [0.29, 0.717) is 5.69 Å². The number of aliphatic carboxylic acids is 1. The van der Waals surface area contributed by atoms with Crippen molar-refractivity contribution in [3.05, 3.63) is 24.5 Å². The molecule has 0 fully saturated rings. The van der Waals surface area contributed by atoms with Gasteiger partial charge < -0.3 is 15.2 Å². The van der Waals surface area contributed by atoms with Gasteiger partial charge in [-0.15, -0.1) is 9.36 Å². The molecule has 0 spiro atoms. The van der Waals surface area contributed by atoms with Crippen LogP contribution in [-0.4, -0.2) is 21.8 Å². The minimum absolute atomic E-state index is 0.258. The van der Waals surface area contributed by atoms with Crippen LogP contribution in [0, 0.1) is 0 Å². The van der Waals surface area contributed by atoms with Crippen molar-refractivity contribution in [2.75, 3.05) is 0 Å². The lowest BCUT2D eigenvalue weighted by atomic mass is 10.4. The molecule has 0 bridgehead atoms. The van der Waals surface area contributed by atoms with E-state index in [-0.39, 0.29) is 19.0 Å². The third kappa shape index (κ3) is 3.19. The molecule has 0 aliphatic carbocycles. The van der Waals surface area contributed by atoms with Crippen LogP contribution in [0.15, 0.2) is 18.9 Å². The predicted octanol–water partition coefficient (Wildman–Crippen LogP) is -2.74. The van der Waals surface area contributed by atoms with Gasteiger partial charge >= 0.3 is 0 Å². The van der Waals surface area contributed by atoms with Crippen LogP contribution >= 0.6 is 0 Å². The summed E-state index contributed by atoms with van der Waals surface area (Å²) < 4.78 is 2.71. The Labute approximate surface area is 92.0 Å². The van der Waals surface area contributed by atoms with Crippen molar-refractivity contribution in [2.24, 2.45) is 7.05 Å². The first-order chi connectivity index (χ1) is 7.52. The molecule has 1 aromatic rings. The lowest BCUT2D eigenvalue weighted by Crippen LogP contribution is -2.45. The van der Waals surface area contributed by atoms with E-state index >= 15 is 0 Å². The van der Waals surface area contributed by atoms with Gasteiger partial charge in [-0.1, -0.05) is 6.58 Å². The molecule has 0 aliphatic rings. The minimum Gasteiger partial charge on any atom is -0.546 e. The van der Waals surface area contributed by atoms with Crippen molar-refractivity contribution < 1.29 is 19.4 Å². The normalized spacial score (nSPS) is 9.81. The van der Waals surface area contributed by atoms with Crippen molar-refractivity contribution >= 4 is 11.9 Å². The summed E-state index contributed by atoms with van der Waals surface area (Å²) in [5.74, 6) is -1.52. The first-order valence-corrected chi connectivity index (χ1v) is 4.55. The number of nitrogens with one attached hydrogen (secondary N) is 1. The van der Waals surface area contributed by atoms with Gasteiger partial charge in [0.05, 0.1) is 17.7 Å². The third-order valence-corrected chi connectivity index (χ3v) is 1.88. The number of aromatic nitrogens is 3. The molecule has 0 aliphatic heterocycles. The van der Waals surface area contributed by atoms with Crippen LogP contribution in [0.25, 0.3) is 0 Å². The number of carbonyl (C=O) groups is 2. The van der Waals surface area contributed by atoms with Gasteiger partial charge in [0.2, 0.25) is 5.91 Å². The lowest BCUT2D eigenvalue weighted by molar-refractivity contribution is -0.748. The summed E-state index contributed by atoms with van der Waals surface area (Å²) in [5, 5.41) is 16.8. The lowest BCUT2D eigenvalue weighted by Gasteiger charge is -1.96. The summed E-state index contributed by atoms with van der Waals surface area (Å²) in [6, 6.07) is 0. The molecular weight excluding hydrogens is 212 g/mol. The van der Waals surface area contributed by atoms with Crippen LogP contribution in [0.1, 0.15) is 5.69 Å². The molecule has 1 rings (SSSR count). The van der Waals surface area contributed by atoms with Gasteiger partial charge in [-0.25, -0.2) is 0 Å². The molecule has 1 aromatic heterocycles. The molecule has 0 saturated carbocycles. The number of carbonyl (C=O) groups excluding carboxylic acids is 2. The SMILES string of the molecule is C=CC(=O)NCc1c[n+](CC(=O)[O-])nn1C. The Hall–Kier alpha value is -2.18. The second-order valence-corrected chi connectivity index (χ2v) is 3.13. The molecule has 86 valence electrons. The minimum atomic E-state index is -1.22. The van der Waals surface area contributed by atoms with Gasteiger partial charge in [0, 0.05) is 0 Å². The van der Waals surface area contributed by atoms with Crippen LogP contribution < -0.4 is 15.1 Å². The molecule has 0 saturated heterocycles. The van der Waals surface area contributed by atoms with Gasteiger partial charge in [-0.2, -0.15) is 0 Å². The molecule has 0 atom stereocenters. The van der Waals surface area contributed by atoms with Crippen LogP contribution in [-0.2, 0) is 29.7 Å². The number of rotatable bonds is 5. The maximum absolute atomic E-state index is 10.9. The zero-order chi connectivity index (χ0) is 12.1. The van der Waals surface area contributed by atoms with E-state index in [4.69, 9.17) is 0 Å². The Kier molecular flexibility index (Phi) is 3.76. The van der Waals surface area contributed by atoms with Crippen LogP contribution in [0.2, 0.25) is 0 Å². The van der Waals surface area contributed by atoms with Crippen LogP contribution in [0.5, 0.6) is 0 Å². The van der Waals surface area contributed by atoms with Crippen LogP contribution in [0.3, 0.4) is 0 Å². The highest BCUT2D eigenvalue weighted by molar-refractivity contribution is 5.86. The Morgan fingerprint density at radius 2 is 2.44 bits per heavy atom. The number of amides is 1. The molecule has 1 heterocycles. The molecular formula is C9H12N4O3. The van der Waals surface area contributed by atoms with Gasteiger partial charge in [0.1, 0.15) is 7.05 Å². The summed E-state index contributed by atoms with van der Waals surface area (Å²) >= 11 is 0. The smallest absolute Gasteiger partial charge is 0.243 e. The number of hydrogen-bond donors (Lipinski definition) is 1. The topological polar surface area (TPSA) is 90.9 Å². The molecule has 7 nitrogen and oxygen atoms in total. The Morgan fingerprint density at radius 1 is 1.75 bits per heavy atom. The fourth-order valence-corrected chi connectivity index (χ4v) is 1.13. The number of nitrogens with zero attached hydrogens (tertiary/aromatic N) is 3. The van der Waals surface area contributed by atoms with E-state index in [1.165, 1.54) is 15.6 Å². The second kappa shape index (κ2) is 5.06. The summed E-state index contributed by atoms with van der Waals surface area (Å²) in [4.78, 5) is 21.2. The van der Waals surface area contributed by atoms with Gasteiger partial charge in [0.15, 0.2) is 18.4 Å². The average molecular weight is 224 g/mol. The largest absolute Gasteiger partial charge is 0.546 e. The standard InChI is InChI=1S/C9H12N4O3/c1-3-8(14)10-4-7-5-13(6-9(15)16)11-12(7)2/h3,5H,1,4,6H2,2H3,(H-,10,14,15,16). The van der Waals surface area contributed by atoms with Gasteiger partial charge in [-0.05, 0) is 6.08 Å². The monoisotopic (exact) mass is 224 g/mol. The molecule has 7 heteroatoms.